The Labute approximate surface area is 199 Å². The Kier molecular flexibility index (Phi) is 4.82. The maximum Gasteiger partial charge on any atom is 0.225 e. The highest BCUT2D eigenvalue weighted by molar-refractivity contribution is 7.03. The van der Waals surface area contributed by atoms with Gasteiger partial charge in [0.1, 0.15) is 16.9 Å². The van der Waals surface area contributed by atoms with Gasteiger partial charge >= 0.3 is 0 Å². The second kappa shape index (κ2) is 7.50. The molecule has 0 amide bonds. The van der Waals surface area contributed by atoms with E-state index in [1.54, 1.807) is 0 Å². The Morgan fingerprint density at radius 1 is 1.09 bits per heavy atom. The number of halogens is 2. The first-order valence-electron chi connectivity index (χ1n) is 10.4. The highest BCUT2D eigenvalue weighted by Gasteiger charge is 2.55. The first kappa shape index (κ1) is 20.6. The third-order valence-corrected chi connectivity index (χ3v) is 7.41. The summed E-state index contributed by atoms with van der Waals surface area (Å²) in [5.41, 5.74) is 4.23. The molecule has 1 aliphatic heterocycles. The summed E-state index contributed by atoms with van der Waals surface area (Å²) in [4.78, 5) is 8.54. The van der Waals surface area contributed by atoms with E-state index in [1.807, 2.05) is 32.3 Å². The van der Waals surface area contributed by atoms with E-state index in [-0.39, 0.29) is 29.5 Å². The molecule has 9 heteroatoms. The summed E-state index contributed by atoms with van der Waals surface area (Å²) in [5.74, 6) is -0.488. The quantitative estimate of drug-likeness (QED) is 0.258. The molecule has 0 N–H and O–H groups in total. The molecule has 4 aromatic rings. The van der Waals surface area contributed by atoms with Crippen molar-refractivity contribution in [3.8, 4) is 11.1 Å². The van der Waals surface area contributed by atoms with Crippen LogP contribution in [-0.2, 0) is 9.47 Å². The molecule has 32 heavy (non-hydrogen) atoms. The lowest BCUT2D eigenvalue weighted by Gasteiger charge is -2.25. The average Bonchev–Trinajstić information content (AvgIpc) is 3.51. The molecule has 164 valence electrons. The maximum atomic E-state index is 6.43. The van der Waals surface area contributed by atoms with Crippen LogP contribution in [0.2, 0.25) is 10.4 Å². The Morgan fingerprint density at radius 2 is 1.94 bits per heavy atom. The molecule has 0 radical (unpaired) electrons. The first-order chi connectivity index (χ1) is 15.4. The molecular weight excluding hydrogens is 467 g/mol. The molecule has 6 nitrogen and oxygen atoms in total. The van der Waals surface area contributed by atoms with Crippen molar-refractivity contribution in [3.05, 3.63) is 64.1 Å². The monoisotopic (exact) mass is 486 g/mol. The van der Waals surface area contributed by atoms with Crippen LogP contribution in [0.25, 0.3) is 22.2 Å². The Morgan fingerprint density at radius 3 is 2.75 bits per heavy atom. The van der Waals surface area contributed by atoms with Crippen LogP contribution in [0.3, 0.4) is 0 Å². The Hall–Kier alpha value is -2.03. The fourth-order valence-corrected chi connectivity index (χ4v) is 6.07. The van der Waals surface area contributed by atoms with Gasteiger partial charge < -0.3 is 14.0 Å². The summed E-state index contributed by atoms with van der Waals surface area (Å²) in [6, 6.07) is 10.6. The smallest absolute Gasteiger partial charge is 0.225 e. The van der Waals surface area contributed by atoms with Crippen LogP contribution in [-0.4, -0.2) is 36.9 Å². The highest BCUT2D eigenvalue weighted by atomic mass is 35.5. The topological polar surface area (TPSA) is 62.1 Å². The maximum absolute atomic E-state index is 6.43. The van der Waals surface area contributed by atoms with E-state index < -0.39 is 5.79 Å². The van der Waals surface area contributed by atoms with Gasteiger partial charge in [-0.05, 0) is 60.6 Å². The number of hydrogen-bond acceptors (Lipinski definition) is 6. The van der Waals surface area contributed by atoms with Gasteiger partial charge in [-0.1, -0.05) is 35.9 Å². The second-order valence-electron chi connectivity index (χ2n) is 8.76. The van der Waals surface area contributed by atoms with Gasteiger partial charge in [-0.2, -0.15) is 4.98 Å². The molecule has 4 heterocycles. The standard InChI is InChI=1S/C23H20Cl2N4O2S/c1-23(2)30-18-16(13-5-3-4-12(8-13)14-10-26-32-11-14)9-17(19(18)31-23)29-7-6-15-20(24)27-22(25)28-21(15)29/h3-8,10-11,16-19H,9H2,1-2H3/t16-,17?,18-,19+/m1/s1. The van der Waals surface area contributed by atoms with Crippen molar-refractivity contribution >= 4 is 45.8 Å². The van der Waals surface area contributed by atoms with Crippen molar-refractivity contribution < 1.29 is 9.47 Å². The van der Waals surface area contributed by atoms with E-state index in [0.717, 1.165) is 22.9 Å². The van der Waals surface area contributed by atoms with Crippen molar-refractivity contribution in [2.45, 2.75) is 50.2 Å². The molecule has 1 saturated heterocycles. The van der Waals surface area contributed by atoms with Crippen LogP contribution < -0.4 is 0 Å². The zero-order chi connectivity index (χ0) is 22.0. The minimum absolute atomic E-state index is 0.0257. The molecule has 6 rings (SSSR count). The van der Waals surface area contributed by atoms with E-state index in [1.165, 1.54) is 17.1 Å². The third-order valence-electron chi connectivity index (χ3n) is 6.37. The number of nitrogens with zero attached hydrogens (tertiary/aromatic N) is 4. The number of rotatable bonds is 3. The largest absolute Gasteiger partial charge is 0.344 e. The lowest BCUT2D eigenvalue weighted by atomic mass is 9.93. The van der Waals surface area contributed by atoms with Crippen LogP contribution >= 0.6 is 34.7 Å². The normalized spacial score (nSPS) is 26.6. The van der Waals surface area contributed by atoms with Gasteiger partial charge in [-0.3, -0.25) is 0 Å². The van der Waals surface area contributed by atoms with Crippen molar-refractivity contribution in [1.29, 1.82) is 0 Å². The highest BCUT2D eigenvalue weighted by Crippen LogP contribution is 2.51. The van der Waals surface area contributed by atoms with E-state index in [0.29, 0.717) is 10.8 Å². The number of hydrogen-bond donors (Lipinski definition) is 0. The lowest BCUT2D eigenvalue weighted by molar-refractivity contribution is -0.157. The van der Waals surface area contributed by atoms with Gasteiger partial charge in [-0.25, -0.2) is 9.36 Å². The number of aromatic nitrogens is 4. The molecule has 4 atom stereocenters. The predicted octanol–water partition coefficient (Wildman–Crippen LogP) is 6.11. The molecule has 1 aliphatic carbocycles. The Bertz CT molecular complexity index is 1310. The van der Waals surface area contributed by atoms with E-state index in [9.17, 15) is 0 Å². The van der Waals surface area contributed by atoms with E-state index in [2.05, 4.69) is 48.6 Å². The van der Waals surface area contributed by atoms with Crippen molar-refractivity contribution in [2.24, 2.45) is 0 Å². The lowest BCUT2D eigenvalue weighted by Crippen LogP contribution is -2.27. The van der Waals surface area contributed by atoms with Gasteiger partial charge in [-0.15, -0.1) is 0 Å². The van der Waals surface area contributed by atoms with Crippen LogP contribution in [0, 0.1) is 0 Å². The zero-order valence-corrected chi connectivity index (χ0v) is 19.7. The predicted molar refractivity (Wildman–Crippen MR) is 125 cm³/mol. The summed E-state index contributed by atoms with van der Waals surface area (Å²) >= 11 is 13.9. The SMILES string of the molecule is CC1(C)O[C@@H]2[C@@H](c3cccc(-c4cnsc4)c3)CC(n3ccc4c(Cl)nc(Cl)nc43)[C@@H]2O1. The third kappa shape index (κ3) is 3.35. The van der Waals surface area contributed by atoms with Crippen molar-refractivity contribution in [3.63, 3.8) is 0 Å². The minimum atomic E-state index is -0.658. The summed E-state index contributed by atoms with van der Waals surface area (Å²) in [7, 11) is 0. The zero-order valence-electron chi connectivity index (χ0n) is 17.4. The van der Waals surface area contributed by atoms with Crippen LogP contribution in [0.15, 0.2) is 48.1 Å². The van der Waals surface area contributed by atoms with E-state index >= 15 is 0 Å². The molecule has 0 bridgehead atoms. The van der Waals surface area contributed by atoms with E-state index in [4.69, 9.17) is 32.7 Å². The minimum Gasteiger partial charge on any atom is -0.344 e. The first-order valence-corrected chi connectivity index (χ1v) is 12.0. The van der Waals surface area contributed by atoms with Gasteiger partial charge in [0, 0.05) is 29.3 Å². The Balaban J connectivity index is 1.43. The second-order valence-corrected chi connectivity index (χ2v) is 10.1. The molecule has 2 aliphatic rings. The van der Waals surface area contributed by atoms with Gasteiger partial charge in [0.2, 0.25) is 5.28 Å². The summed E-state index contributed by atoms with van der Waals surface area (Å²) in [6.07, 6.45) is 4.55. The molecule has 1 saturated carbocycles. The molecular formula is C23H20Cl2N4O2S. The average molecular weight is 487 g/mol. The summed E-state index contributed by atoms with van der Waals surface area (Å²) in [5, 5.41) is 3.33. The number of ether oxygens (including phenoxy) is 2. The van der Waals surface area contributed by atoms with Gasteiger partial charge in [0.05, 0.1) is 17.5 Å². The molecule has 1 unspecified atom stereocenters. The molecule has 1 aromatic carbocycles. The van der Waals surface area contributed by atoms with Crippen LogP contribution in [0.5, 0.6) is 0 Å². The fourth-order valence-electron chi connectivity index (χ4n) is 5.09. The number of benzene rings is 1. The van der Waals surface area contributed by atoms with Gasteiger partial charge in [0.15, 0.2) is 5.79 Å². The van der Waals surface area contributed by atoms with Crippen LogP contribution in [0.1, 0.15) is 37.8 Å². The summed E-state index contributed by atoms with van der Waals surface area (Å²) < 4.78 is 19.2. The van der Waals surface area contributed by atoms with Crippen molar-refractivity contribution in [2.75, 3.05) is 0 Å². The number of fused-ring (bicyclic) bond motifs is 2. The van der Waals surface area contributed by atoms with Crippen molar-refractivity contribution in [1.82, 2.24) is 18.9 Å². The van der Waals surface area contributed by atoms with Gasteiger partial charge in [0.25, 0.3) is 0 Å². The summed E-state index contributed by atoms with van der Waals surface area (Å²) in [6.45, 7) is 3.94. The molecule has 0 spiro atoms. The fraction of sp³-hybridized carbons (Fsp3) is 0.348. The van der Waals surface area contributed by atoms with Crippen LogP contribution in [0.4, 0.5) is 0 Å². The molecule has 2 fully saturated rings. The molecule has 3 aromatic heterocycles.